The number of hydrogen-bond acceptors (Lipinski definition) is 6. The third-order valence-electron chi connectivity index (χ3n) is 6.61. The molecule has 200 valence electrons. The van der Waals surface area contributed by atoms with E-state index >= 15 is 0 Å². The molecule has 0 aliphatic heterocycles. The van der Waals surface area contributed by atoms with Crippen molar-refractivity contribution in [2.75, 3.05) is 7.11 Å². The van der Waals surface area contributed by atoms with Crippen LogP contribution in [0, 0.1) is 12.0 Å². The topological polar surface area (TPSA) is 79.4 Å². The van der Waals surface area contributed by atoms with E-state index in [1.165, 1.54) is 11.8 Å². The zero-order valence-corrected chi connectivity index (χ0v) is 23.3. The summed E-state index contributed by atoms with van der Waals surface area (Å²) < 4.78 is 18.2. The lowest BCUT2D eigenvalue weighted by atomic mass is 10.0. The Balaban J connectivity index is 1.24. The second-order valence-corrected chi connectivity index (χ2v) is 10.4. The van der Waals surface area contributed by atoms with E-state index in [1.807, 2.05) is 6.07 Å². The van der Waals surface area contributed by atoms with E-state index in [4.69, 9.17) is 48.8 Å². The molecule has 1 fully saturated rings. The van der Waals surface area contributed by atoms with Gasteiger partial charge in [-0.15, -0.1) is 0 Å². The van der Waals surface area contributed by atoms with Crippen molar-refractivity contribution in [2.45, 2.75) is 25.4 Å². The summed E-state index contributed by atoms with van der Waals surface area (Å²) >= 11 is 19.5. The second kappa shape index (κ2) is 10.9. The largest absolute Gasteiger partial charge is 0.489 e. The minimum atomic E-state index is -0.436. The molecule has 1 aliphatic carbocycles. The van der Waals surface area contributed by atoms with Crippen LogP contribution in [0.2, 0.25) is 15.1 Å². The van der Waals surface area contributed by atoms with Gasteiger partial charge in [-0.05, 0) is 55.2 Å². The van der Waals surface area contributed by atoms with Crippen LogP contribution < -0.4 is 4.74 Å². The minimum absolute atomic E-state index is 0.204. The van der Waals surface area contributed by atoms with Gasteiger partial charge >= 0.3 is 5.97 Å². The van der Waals surface area contributed by atoms with Gasteiger partial charge in [-0.25, -0.2) is 4.79 Å². The maximum absolute atomic E-state index is 12.1. The molecule has 0 radical (unpaired) electrons. The van der Waals surface area contributed by atoms with Crippen LogP contribution in [-0.4, -0.2) is 28.0 Å². The lowest BCUT2D eigenvalue weighted by Crippen LogP contribution is -2.01. The molecule has 2 aromatic heterocycles. The van der Waals surface area contributed by atoms with Crippen molar-refractivity contribution in [3.8, 4) is 29.0 Å². The number of methoxy groups -OCH3 is 1. The van der Waals surface area contributed by atoms with Crippen LogP contribution in [0.4, 0.5) is 0 Å². The average Bonchev–Trinajstić information content (AvgIpc) is 3.59. The van der Waals surface area contributed by atoms with Gasteiger partial charge in [-0.3, -0.25) is 0 Å². The van der Waals surface area contributed by atoms with Gasteiger partial charge in [0.1, 0.15) is 23.8 Å². The molecular weight excluding hydrogens is 573 g/mol. The number of carbonyl (C=O) groups excluding carboxylic acids is 1. The van der Waals surface area contributed by atoms with Crippen molar-refractivity contribution < 1.29 is 18.8 Å². The third-order valence-corrected chi connectivity index (χ3v) is 7.55. The highest BCUT2D eigenvalue weighted by atomic mass is 35.5. The van der Waals surface area contributed by atoms with Crippen molar-refractivity contribution in [3.05, 3.63) is 98.3 Å². The van der Waals surface area contributed by atoms with Crippen LogP contribution in [0.3, 0.4) is 0 Å². The monoisotopic (exact) mass is 591 g/mol. The van der Waals surface area contributed by atoms with Gasteiger partial charge in [0, 0.05) is 34.5 Å². The predicted octanol–water partition coefficient (Wildman–Crippen LogP) is 7.75. The molecule has 3 aromatic carbocycles. The Hall–Kier alpha value is -3.96. The zero-order chi connectivity index (χ0) is 27.8. The maximum Gasteiger partial charge on any atom is 0.338 e. The van der Waals surface area contributed by atoms with Gasteiger partial charge in [0.15, 0.2) is 0 Å². The van der Waals surface area contributed by atoms with Crippen molar-refractivity contribution in [1.82, 2.24) is 14.9 Å². The van der Waals surface area contributed by atoms with E-state index in [0.717, 1.165) is 24.2 Å². The Labute approximate surface area is 244 Å². The molecular formula is C30H20Cl3N3O4. The number of ether oxygens (including phenoxy) is 2. The summed E-state index contributed by atoms with van der Waals surface area (Å²) in [6.45, 7) is 0.204. The fourth-order valence-corrected chi connectivity index (χ4v) is 5.23. The lowest BCUT2D eigenvalue weighted by Gasteiger charge is -2.10. The number of carbonyl (C=O) groups is 1. The predicted molar refractivity (Wildman–Crippen MR) is 153 cm³/mol. The molecule has 0 saturated heterocycles. The SMILES string of the molecule is COC(=O)c1cccc2c1cnn2C#Cc1ccc(OCc2c(-c3c(Cl)cccc3Cl)noc2C2CC2)cc1Cl. The first-order chi connectivity index (χ1) is 19.4. The van der Waals surface area contributed by atoms with Crippen molar-refractivity contribution >= 4 is 51.7 Å². The molecule has 0 bridgehead atoms. The Morgan fingerprint density at radius 2 is 1.85 bits per heavy atom. The third kappa shape index (κ3) is 5.02. The number of fused-ring (bicyclic) bond motifs is 1. The molecule has 2 heterocycles. The number of rotatable bonds is 6. The normalized spacial score (nSPS) is 12.7. The minimum Gasteiger partial charge on any atom is -0.489 e. The Bertz CT molecular complexity index is 1810. The first kappa shape index (κ1) is 26.3. The lowest BCUT2D eigenvalue weighted by molar-refractivity contribution is 0.0603. The second-order valence-electron chi connectivity index (χ2n) is 9.20. The summed E-state index contributed by atoms with van der Waals surface area (Å²) in [6, 6.07) is 18.8. The van der Waals surface area contributed by atoms with E-state index < -0.39 is 5.97 Å². The summed E-state index contributed by atoms with van der Waals surface area (Å²) in [4.78, 5) is 12.1. The number of benzene rings is 3. The number of esters is 1. The molecule has 40 heavy (non-hydrogen) atoms. The molecule has 0 unspecified atom stereocenters. The van der Waals surface area contributed by atoms with Gasteiger partial charge in [0.2, 0.25) is 0 Å². The molecule has 0 atom stereocenters. The first-order valence-electron chi connectivity index (χ1n) is 12.4. The average molecular weight is 593 g/mol. The number of hydrogen-bond donors (Lipinski definition) is 0. The molecule has 1 saturated carbocycles. The van der Waals surface area contributed by atoms with Crippen molar-refractivity contribution in [3.63, 3.8) is 0 Å². The van der Waals surface area contributed by atoms with Gasteiger partial charge in [0.05, 0.1) is 45.0 Å². The van der Waals surface area contributed by atoms with E-state index in [2.05, 4.69) is 22.2 Å². The van der Waals surface area contributed by atoms with Crippen molar-refractivity contribution in [2.24, 2.45) is 0 Å². The van der Waals surface area contributed by atoms with Gasteiger partial charge < -0.3 is 14.0 Å². The zero-order valence-electron chi connectivity index (χ0n) is 21.1. The highest BCUT2D eigenvalue weighted by Gasteiger charge is 2.33. The summed E-state index contributed by atoms with van der Waals surface area (Å²) in [5.74, 6) is 4.26. The van der Waals surface area contributed by atoms with Gasteiger partial charge in [0.25, 0.3) is 0 Å². The van der Waals surface area contributed by atoms with Crippen LogP contribution in [0.1, 0.15) is 46.0 Å². The summed E-state index contributed by atoms with van der Waals surface area (Å²) in [6.07, 6.45) is 3.65. The highest BCUT2D eigenvalue weighted by molar-refractivity contribution is 6.39. The molecule has 7 nitrogen and oxygen atoms in total. The van der Waals surface area contributed by atoms with Crippen LogP contribution in [0.5, 0.6) is 5.75 Å². The number of halogens is 3. The summed E-state index contributed by atoms with van der Waals surface area (Å²) in [5, 5.41) is 10.6. The van der Waals surface area contributed by atoms with E-state index in [-0.39, 0.29) is 6.61 Å². The quantitative estimate of drug-likeness (QED) is 0.148. The molecule has 0 amide bonds. The van der Waals surface area contributed by atoms with E-state index in [0.29, 0.717) is 60.0 Å². The van der Waals surface area contributed by atoms with Crippen LogP contribution >= 0.6 is 34.8 Å². The smallest absolute Gasteiger partial charge is 0.338 e. The molecule has 6 rings (SSSR count). The summed E-state index contributed by atoms with van der Waals surface area (Å²) in [7, 11) is 1.34. The standard InChI is InChI=1S/C30H20Cl3N3O4/c1-38-30(37)20-4-2-7-26-21(20)15-34-36(26)13-12-17-10-11-19(14-25(17)33)39-16-22-28(35-40-29(22)18-8-9-18)27-23(31)5-3-6-24(27)32/h2-7,10-11,14-15,18H,8-9,16H2,1H3. The van der Waals surface area contributed by atoms with Crippen molar-refractivity contribution in [1.29, 1.82) is 0 Å². The van der Waals surface area contributed by atoms with Crippen LogP contribution in [0.25, 0.3) is 22.2 Å². The van der Waals surface area contributed by atoms with Gasteiger partial charge in [-0.1, -0.05) is 52.1 Å². The number of nitrogens with zero attached hydrogens (tertiary/aromatic N) is 3. The Morgan fingerprint density at radius 1 is 1.07 bits per heavy atom. The molecule has 5 aromatic rings. The first-order valence-corrected chi connectivity index (χ1v) is 13.5. The van der Waals surface area contributed by atoms with Gasteiger partial charge in [-0.2, -0.15) is 9.78 Å². The van der Waals surface area contributed by atoms with Crippen LogP contribution in [-0.2, 0) is 11.3 Å². The Kier molecular flexibility index (Phi) is 7.16. The van der Waals surface area contributed by atoms with E-state index in [9.17, 15) is 4.79 Å². The molecule has 0 spiro atoms. The molecule has 0 N–H and O–H groups in total. The number of aromatic nitrogens is 3. The molecule has 10 heteroatoms. The summed E-state index contributed by atoms with van der Waals surface area (Å²) in [5.41, 5.74) is 3.70. The Morgan fingerprint density at radius 3 is 2.58 bits per heavy atom. The maximum atomic E-state index is 12.1. The fourth-order valence-electron chi connectivity index (χ4n) is 4.43. The highest BCUT2D eigenvalue weighted by Crippen LogP contribution is 2.46. The van der Waals surface area contributed by atoms with Crippen LogP contribution in [0.15, 0.2) is 65.3 Å². The fraction of sp³-hybridized carbons (Fsp3) is 0.167. The van der Waals surface area contributed by atoms with E-state index in [1.54, 1.807) is 54.7 Å². The molecule has 1 aliphatic rings.